The standard InChI is InChI=1S/C43H40N4O4/c48-35-11-13-37-30(21-35)8-12-36(28-4-2-1-3-5-28)41(37)29-6-9-34(10-7-29)46-18-16-27(17-19-46)23-45-24-31-20-33-26-47(39-14-15-40(49)44-42(39)50)43(51)38(33)22-32(31)25-45/h1-13,20-22,27,39,48H,14-19,23-26H2,(H,44,49,50). The van der Waals surface area contributed by atoms with Crippen molar-refractivity contribution < 1.29 is 19.5 Å². The molecule has 0 bridgehead atoms. The molecule has 8 nitrogen and oxygen atoms in total. The Bertz CT molecular complexity index is 2190. The van der Waals surface area contributed by atoms with Crippen LogP contribution in [0.3, 0.4) is 0 Å². The van der Waals surface area contributed by atoms with Gasteiger partial charge in [-0.2, -0.15) is 0 Å². The van der Waals surface area contributed by atoms with Gasteiger partial charge in [0.1, 0.15) is 11.8 Å². The molecule has 256 valence electrons. The zero-order chi connectivity index (χ0) is 34.6. The van der Waals surface area contributed by atoms with Gasteiger partial charge in [0.25, 0.3) is 5.91 Å². The molecule has 0 spiro atoms. The van der Waals surface area contributed by atoms with Crippen molar-refractivity contribution in [1.82, 2.24) is 15.1 Å². The van der Waals surface area contributed by atoms with Crippen LogP contribution < -0.4 is 10.2 Å². The van der Waals surface area contributed by atoms with Gasteiger partial charge < -0.3 is 14.9 Å². The molecule has 2 N–H and O–H groups in total. The summed E-state index contributed by atoms with van der Waals surface area (Å²) in [6, 6.07) is 33.0. The Kier molecular flexibility index (Phi) is 7.84. The number of fused-ring (bicyclic) bond motifs is 3. The Balaban J connectivity index is 0.842. The zero-order valence-corrected chi connectivity index (χ0v) is 28.5. The average Bonchev–Trinajstić information content (AvgIpc) is 3.69. The molecule has 5 aromatic rings. The maximum Gasteiger partial charge on any atom is 0.255 e. The van der Waals surface area contributed by atoms with Crippen molar-refractivity contribution in [2.24, 2.45) is 5.92 Å². The highest BCUT2D eigenvalue weighted by atomic mass is 16.3. The van der Waals surface area contributed by atoms with Crippen LogP contribution in [-0.2, 0) is 29.2 Å². The summed E-state index contributed by atoms with van der Waals surface area (Å²) in [7, 11) is 0. The van der Waals surface area contributed by atoms with Crippen molar-refractivity contribution in [2.45, 2.75) is 51.4 Å². The molecule has 0 aromatic heterocycles. The SMILES string of the molecule is O=C1CCC(N2Cc3cc4c(cc3C2=O)CN(CC2CCN(c3ccc(-c5c(-c6ccccc6)ccc6cc(O)ccc56)cc3)CC2)C4)C(=O)N1. The minimum absolute atomic E-state index is 0.102. The summed E-state index contributed by atoms with van der Waals surface area (Å²) in [5.74, 6) is 0.156. The Hall–Kier alpha value is -5.47. The van der Waals surface area contributed by atoms with Crippen LogP contribution in [0.4, 0.5) is 5.69 Å². The molecule has 4 aliphatic heterocycles. The van der Waals surface area contributed by atoms with E-state index in [4.69, 9.17) is 0 Å². The van der Waals surface area contributed by atoms with Gasteiger partial charge in [-0.25, -0.2) is 0 Å². The van der Waals surface area contributed by atoms with Crippen LogP contribution in [0.2, 0.25) is 0 Å². The van der Waals surface area contributed by atoms with Crippen molar-refractivity contribution in [3.63, 3.8) is 0 Å². The highest BCUT2D eigenvalue weighted by molar-refractivity contribution is 6.06. The molecule has 9 rings (SSSR count). The minimum atomic E-state index is -0.578. The molecule has 3 amide bonds. The predicted octanol–water partition coefficient (Wildman–Crippen LogP) is 6.87. The number of nitrogens with one attached hydrogen (secondary N) is 1. The molecule has 0 aliphatic carbocycles. The Morgan fingerprint density at radius 1 is 0.706 bits per heavy atom. The summed E-state index contributed by atoms with van der Waals surface area (Å²) < 4.78 is 0. The number of benzene rings is 5. The van der Waals surface area contributed by atoms with Crippen molar-refractivity contribution >= 4 is 34.2 Å². The molecular formula is C43H40N4O4. The summed E-state index contributed by atoms with van der Waals surface area (Å²) in [5, 5.41) is 14.7. The molecule has 0 saturated carbocycles. The first-order valence-corrected chi connectivity index (χ1v) is 18.1. The van der Waals surface area contributed by atoms with Gasteiger partial charge in [0.05, 0.1) is 0 Å². The van der Waals surface area contributed by atoms with E-state index >= 15 is 0 Å². The van der Waals surface area contributed by atoms with E-state index in [0.717, 1.165) is 67.5 Å². The first kappa shape index (κ1) is 31.5. The number of phenols is 1. The van der Waals surface area contributed by atoms with E-state index in [1.807, 2.05) is 18.2 Å². The van der Waals surface area contributed by atoms with E-state index in [-0.39, 0.29) is 29.9 Å². The number of anilines is 1. The third kappa shape index (κ3) is 5.83. The van der Waals surface area contributed by atoms with Crippen LogP contribution in [0.5, 0.6) is 5.75 Å². The number of aromatic hydroxyl groups is 1. The Morgan fingerprint density at radius 2 is 1.47 bits per heavy atom. The first-order chi connectivity index (χ1) is 24.9. The number of amides is 3. The lowest BCUT2D eigenvalue weighted by atomic mass is 9.89. The lowest BCUT2D eigenvalue weighted by Gasteiger charge is -2.35. The lowest BCUT2D eigenvalue weighted by molar-refractivity contribution is -0.136. The normalized spacial score (nSPS) is 19.5. The largest absolute Gasteiger partial charge is 0.508 e. The molecule has 2 fully saturated rings. The fourth-order valence-corrected chi connectivity index (χ4v) is 8.74. The zero-order valence-electron chi connectivity index (χ0n) is 28.5. The molecule has 1 atom stereocenters. The van der Waals surface area contributed by atoms with Gasteiger partial charge in [0.15, 0.2) is 0 Å². The van der Waals surface area contributed by atoms with Crippen LogP contribution in [-0.4, -0.2) is 58.3 Å². The predicted molar refractivity (Wildman–Crippen MR) is 198 cm³/mol. The molecule has 5 aromatic carbocycles. The van der Waals surface area contributed by atoms with Gasteiger partial charge in [-0.15, -0.1) is 0 Å². The number of hydrogen-bond acceptors (Lipinski definition) is 6. The number of imide groups is 1. The molecule has 0 radical (unpaired) electrons. The van der Waals surface area contributed by atoms with Gasteiger partial charge in [0, 0.05) is 56.9 Å². The molecule has 2 saturated heterocycles. The number of hydrogen-bond donors (Lipinski definition) is 2. The molecule has 4 heterocycles. The average molecular weight is 677 g/mol. The fourth-order valence-electron chi connectivity index (χ4n) is 8.74. The quantitative estimate of drug-likeness (QED) is 0.191. The third-order valence-corrected chi connectivity index (χ3v) is 11.4. The van der Waals surface area contributed by atoms with E-state index in [9.17, 15) is 19.5 Å². The van der Waals surface area contributed by atoms with Gasteiger partial charge in [-0.1, -0.05) is 66.7 Å². The van der Waals surface area contributed by atoms with Crippen molar-refractivity contribution in [2.75, 3.05) is 24.5 Å². The summed E-state index contributed by atoms with van der Waals surface area (Å²) in [5.41, 5.74) is 10.1. The maximum absolute atomic E-state index is 13.3. The summed E-state index contributed by atoms with van der Waals surface area (Å²) >= 11 is 0. The number of piperidine rings is 2. The monoisotopic (exact) mass is 676 g/mol. The van der Waals surface area contributed by atoms with E-state index in [2.05, 4.69) is 87.9 Å². The number of nitrogens with zero attached hydrogens (tertiary/aromatic N) is 3. The molecule has 4 aliphatic rings. The summed E-state index contributed by atoms with van der Waals surface area (Å²) in [4.78, 5) is 44.1. The van der Waals surface area contributed by atoms with E-state index in [0.29, 0.717) is 24.4 Å². The second kappa shape index (κ2) is 12.7. The molecule has 51 heavy (non-hydrogen) atoms. The summed E-state index contributed by atoms with van der Waals surface area (Å²) in [6.45, 7) is 5.23. The first-order valence-electron chi connectivity index (χ1n) is 18.1. The second-order valence-electron chi connectivity index (χ2n) is 14.6. The van der Waals surface area contributed by atoms with Crippen LogP contribution in [0.15, 0.2) is 97.1 Å². The van der Waals surface area contributed by atoms with Crippen molar-refractivity contribution in [3.05, 3.63) is 119 Å². The number of carbonyl (C=O) groups excluding carboxylic acids is 3. The van der Waals surface area contributed by atoms with Crippen LogP contribution in [0.1, 0.15) is 52.7 Å². The second-order valence-corrected chi connectivity index (χ2v) is 14.6. The fraction of sp³-hybridized carbons (Fsp3) is 0.279. The topological polar surface area (TPSA) is 93.2 Å². The van der Waals surface area contributed by atoms with E-state index in [1.165, 1.54) is 33.5 Å². The highest BCUT2D eigenvalue weighted by Gasteiger charge is 2.40. The summed E-state index contributed by atoms with van der Waals surface area (Å²) in [6.07, 6.45) is 2.92. The van der Waals surface area contributed by atoms with Gasteiger partial charge in [-0.3, -0.25) is 24.6 Å². The Morgan fingerprint density at radius 3 is 2.24 bits per heavy atom. The van der Waals surface area contributed by atoms with Crippen LogP contribution in [0.25, 0.3) is 33.0 Å². The van der Waals surface area contributed by atoms with Crippen LogP contribution >= 0.6 is 0 Å². The Labute approximate surface area is 297 Å². The maximum atomic E-state index is 13.3. The number of rotatable bonds is 6. The molecule has 1 unspecified atom stereocenters. The number of phenolic OH excluding ortho intramolecular Hbond substituents is 1. The number of carbonyl (C=O) groups is 3. The minimum Gasteiger partial charge on any atom is -0.508 e. The van der Waals surface area contributed by atoms with Crippen molar-refractivity contribution in [1.29, 1.82) is 0 Å². The van der Waals surface area contributed by atoms with Gasteiger partial charge >= 0.3 is 0 Å². The molecular weight excluding hydrogens is 636 g/mol. The smallest absolute Gasteiger partial charge is 0.255 e. The van der Waals surface area contributed by atoms with Gasteiger partial charge in [-0.05, 0) is 105 Å². The van der Waals surface area contributed by atoms with E-state index in [1.54, 1.807) is 11.0 Å². The molecule has 8 heteroatoms. The van der Waals surface area contributed by atoms with Crippen LogP contribution in [0, 0.1) is 5.92 Å². The van der Waals surface area contributed by atoms with E-state index < -0.39 is 6.04 Å². The lowest BCUT2D eigenvalue weighted by Crippen LogP contribution is -2.52. The van der Waals surface area contributed by atoms with Crippen molar-refractivity contribution in [3.8, 4) is 28.0 Å². The third-order valence-electron chi connectivity index (χ3n) is 11.4. The van der Waals surface area contributed by atoms with Gasteiger partial charge in [0.2, 0.25) is 11.8 Å². The highest BCUT2D eigenvalue weighted by Crippen LogP contribution is 2.40.